The molecule has 0 spiro atoms. The summed E-state index contributed by atoms with van der Waals surface area (Å²) in [6, 6.07) is 10.3. The van der Waals surface area contributed by atoms with Crippen LogP contribution in [0.5, 0.6) is 0 Å². The van der Waals surface area contributed by atoms with Crippen LogP contribution in [0.4, 0.5) is 4.79 Å². The van der Waals surface area contributed by atoms with Gasteiger partial charge in [0, 0.05) is 13.2 Å². The molecule has 0 aromatic heterocycles. The predicted octanol–water partition coefficient (Wildman–Crippen LogP) is 2.75. The quantitative estimate of drug-likeness (QED) is 0.816. The van der Waals surface area contributed by atoms with Crippen molar-refractivity contribution >= 4 is 6.09 Å². The van der Waals surface area contributed by atoms with Gasteiger partial charge in [0.15, 0.2) is 0 Å². The van der Waals surface area contributed by atoms with E-state index in [0.29, 0.717) is 13.0 Å². The Labute approximate surface area is 110 Å². The summed E-state index contributed by atoms with van der Waals surface area (Å²) in [5.74, 6) is 0. The van der Waals surface area contributed by atoms with Crippen molar-refractivity contribution in [1.82, 2.24) is 5.32 Å². The maximum atomic E-state index is 10.3. The molecular weight excluding hydrogens is 230 g/mol. The zero-order chi connectivity index (χ0) is 14.2. The fraction of sp³-hybridized carbons (Fsp3) is 0.500. The Morgan fingerprint density at radius 2 is 1.83 bits per heavy atom. The SMILES string of the molecule is CC.COC(=O)NCCCO.Cc1ccccc1. The molecule has 0 atom stereocenters. The van der Waals surface area contributed by atoms with Crippen molar-refractivity contribution in [2.24, 2.45) is 0 Å². The molecule has 1 aromatic carbocycles. The van der Waals surface area contributed by atoms with E-state index in [1.807, 2.05) is 32.0 Å². The number of aliphatic hydroxyl groups excluding tert-OH is 1. The van der Waals surface area contributed by atoms with Gasteiger partial charge in [0.2, 0.25) is 0 Å². The van der Waals surface area contributed by atoms with Crippen molar-refractivity contribution in [3.8, 4) is 0 Å². The van der Waals surface area contributed by atoms with Crippen LogP contribution in [0.25, 0.3) is 0 Å². The van der Waals surface area contributed by atoms with Gasteiger partial charge >= 0.3 is 6.09 Å². The Bertz CT molecular complexity index is 276. The number of hydrogen-bond donors (Lipinski definition) is 2. The third kappa shape index (κ3) is 14.5. The molecule has 1 amide bonds. The van der Waals surface area contributed by atoms with Crippen LogP contribution in [0, 0.1) is 6.92 Å². The van der Waals surface area contributed by atoms with Gasteiger partial charge in [0.1, 0.15) is 0 Å². The molecule has 0 unspecified atom stereocenters. The van der Waals surface area contributed by atoms with E-state index in [9.17, 15) is 4.79 Å². The van der Waals surface area contributed by atoms with E-state index in [2.05, 4.69) is 29.1 Å². The molecule has 1 rings (SSSR count). The second kappa shape index (κ2) is 15.4. The topological polar surface area (TPSA) is 58.6 Å². The minimum Gasteiger partial charge on any atom is -0.453 e. The van der Waals surface area contributed by atoms with E-state index in [0.717, 1.165) is 0 Å². The summed E-state index contributed by atoms with van der Waals surface area (Å²) >= 11 is 0. The van der Waals surface area contributed by atoms with E-state index < -0.39 is 6.09 Å². The number of carbonyl (C=O) groups excluding carboxylic acids is 1. The lowest BCUT2D eigenvalue weighted by molar-refractivity contribution is 0.170. The van der Waals surface area contributed by atoms with Crippen LogP contribution in [-0.2, 0) is 4.74 Å². The third-order valence-corrected chi connectivity index (χ3v) is 1.73. The molecule has 0 bridgehead atoms. The van der Waals surface area contributed by atoms with Crippen molar-refractivity contribution in [3.05, 3.63) is 35.9 Å². The Morgan fingerprint density at radius 3 is 2.17 bits per heavy atom. The number of carbonyl (C=O) groups is 1. The molecule has 1 aromatic rings. The van der Waals surface area contributed by atoms with E-state index in [1.165, 1.54) is 12.7 Å². The number of nitrogens with one attached hydrogen (secondary N) is 1. The fourth-order valence-electron chi connectivity index (χ4n) is 0.876. The first-order valence-corrected chi connectivity index (χ1v) is 6.15. The van der Waals surface area contributed by atoms with Crippen LogP contribution < -0.4 is 5.32 Å². The number of aliphatic hydroxyl groups is 1. The molecule has 2 N–H and O–H groups in total. The van der Waals surface area contributed by atoms with Gasteiger partial charge in [0.05, 0.1) is 7.11 Å². The number of methoxy groups -OCH3 is 1. The van der Waals surface area contributed by atoms with Gasteiger partial charge in [-0.3, -0.25) is 0 Å². The average molecular weight is 255 g/mol. The molecule has 0 fully saturated rings. The zero-order valence-electron chi connectivity index (χ0n) is 11.8. The van der Waals surface area contributed by atoms with Gasteiger partial charge in [-0.25, -0.2) is 4.79 Å². The summed E-state index contributed by atoms with van der Waals surface area (Å²) in [5, 5.41) is 10.7. The Balaban J connectivity index is 0. The predicted molar refractivity (Wildman–Crippen MR) is 74.6 cm³/mol. The van der Waals surface area contributed by atoms with Crippen LogP contribution in [-0.4, -0.2) is 31.5 Å². The lowest BCUT2D eigenvalue weighted by Crippen LogP contribution is -2.24. The molecule has 0 aliphatic heterocycles. The van der Waals surface area contributed by atoms with Crippen LogP contribution in [0.1, 0.15) is 25.8 Å². The maximum Gasteiger partial charge on any atom is 0.406 e. The van der Waals surface area contributed by atoms with Crippen molar-refractivity contribution in [2.75, 3.05) is 20.3 Å². The number of rotatable bonds is 3. The number of alkyl carbamates (subject to hydrolysis) is 1. The largest absolute Gasteiger partial charge is 0.453 e. The minimum atomic E-state index is -0.455. The van der Waals surface area contributed by atoms with Gasteiger partial charge in [-0.2, -0.15) is 0 Å². The molecule has 0 saturated carbocycles. The molecule has 104 valence electrons. The maximum absolute atomic E-state index is 10.3. The van der Waals surface area contributed by atoms with Gasteiger partial charge in [-0.15, -0.1) is 0 Å². The summed E-state index contributed by atoms with van der Waals surface area (Å²) in [6.07, 6.45) is 0.109. The van der Waals surface area contributed by atoms with Crippen molar-refractivity contribution in [3.63, 3.8) is 0 Å². The molecule has 0 saturated heterocycles. The molecular formula is C14H25NO3. The highest BCUT2D eigenvalue weighted by Gasteiger charge is 1.93. The van der Waals surface area contributed by atoms with E-state index in [-0.39, 0.29) is 6.61 Å². The smallest absolute Gasteiger partial charge is 0.406 e. The lowest BCUT2D eigenvalue weighted by atomic mass is 10.2. The summed E-state index contributed by atoms with van der Waals surface area (Å²) in [7, 11) is 1.30. The number of aryl methyl sites for hydroxylation is 1. The van der Waals surface area contributed by atoms with Gasteiger partial charge in [-0.1, -0.05) is 49.7 Å². The molecule has 0 heterocycles. The second-order valence-electron chi connectivity index (χ2n) is 3.15. The first kappa shape index (κ1) is 18.8. The highest BCUT2D eigenvalue weighted by atomic mass is 16.5. The Kier molecular flexibility index (Phi) is 16.1. The van der Waals surface area contributed by atoms with Crippen molar-refractivity contribution < 1.29 is 14.6 Å². The van der Waals surface area contributed by atoms with Gasteiger partial charge < -0.3 is 15.2 Å². The van der Waals surface area contributed by atoms with E-state index in [1.54, 1.807) is 0 Å². The number of ether oxygens (including phenoxy) is 1. The second-order valence-corrected chi connectivity index (χ2v) is 3.15. The van der Waals surface area contributed by atoms with Crippen molar-refractivity contribution in [2.45, 2.75) is 27.2 Å². The monoisotopic (exact) mass is 255 g/mol. The Hall–Kier alpha value is -1.55. The number of hydrogen-bond acceptors (Lipinski definition) is 3. The van der Waals surface area contributed by atoms with Crippen LogP contribution in [0.15, 0.2) is 30.3 Å². The first-order valence-electron chi connectivity index (χ1n) is 6.15. The molecule has 0 aliphatic rings. The van der Waals surface area contributed by atoms with E-state index >= 15 is 0 Å². The fourth-order valence-corrected chi connectivity index (χ4v) is 0.876. The van der Waals surface area contributed by atoms with Gasteiger partial charge in [-0.05, 0) is 13.3 Å². The molecule has 4 nitrogen and oxygen atoms in total. The standard InChI is InChI=1S/C7H8.C5H11NO3.C2H6/c1-7-5-3-2-4-6-7;1-9-5(8)6-3-2-4-7;1-2/h2-6H,1H3;7H,2-4H2,1H3,(H,6,8);1-2H3. The van der Waals surface area contributed by atoms with E-state index in [4.69, 9.17) is 5.11 Å². The lowest BCUT2D eigenvalue weighted by Gasteiger charge is -1.99. The highest BCUT2D eigenvalue weighted by Crippen LogP contribution is 1.92. The van der Waals surface area contributed by atoms with Crippen LogP contribution in [0.2, 0.25) is 0 Å². The molecule has 0 aliphatic carbocycles. The molecule has 4 heteroatoms. The van der Waals surface area contributed by atoms with Gasteiger partial charge in [0.25, 0.3) is 0 Å². The Morgan fingerprint density at radius 1 is 1.28 bits per heavy atom. The average Bonchev–Trinajstić information content (AvgIpc) is 2.43. The zero-order valence-corrected chi connectivity index (χ0v) is 11.8. The molecule has 18 heavy (non-hydrogen) atoms. The highest BCUT2D eigenvalue weighted by molar-refractivity contribution is 5.66. The number of amides is 1. The third-order valence-electron chi connectivity index (χ3n) is 1.73. The first-order chi connectivity index (χ1) is 8.70. The summed E-state index contributed by atoms with van der Waals surface area (Å²) in [6.45, 7) is 6.63. The van der Waals surface area contributed by atoms with Crippen LogP contribution >= 0.6 is 0 Å². The summed E-state index contributed by atoms with van der Waals surface area (Å²) in [4.78, 5) is 10.3. The normalized spacial score (nSPS) is 8.06. The minimum absolute atomic E-state index is 0.0873. The number of benzene rings is 1. The summed E-state index contributed by atoms with van der Waals surface area (Å²) in [5.41, 5.74) is 1.32. The van der Waals surface area contributed by atoms with Crippen LogP contribution in [0.3, 0.4) is 0 Å². The summed E-state index contributed by atoms with van der Waals surface area (Å²) < 4.78 is 4.27. The van der Waals surface area contributed by atoms with Crippen molar-refractivity contribution in [1.29, 1.82) is 0 Å². The molecule has 0 radical (unpaired) electrons.